The van der Waals surface area contributed by atoms with E-state index >= 15 is 0 Å². The van der Waals surface area contributed by atoms with Gasteiger partial charge in [0.2, 0.25) is 0 Å². The van der Waals surface area contributed by atoms with Gasteiger partial charge >= 0.3 is 0 Å². The second-order valence-corrected chi connectivity index (χ2v) is 5.93. The smallest absolute Gasteiger partial charge is 0.169 e. The monoisotopic (exact) mass is 331 g/mol. The van der Waals surface area contributed by atoms with Gasteiger partial charge in [-0.3, -0.25) is 4.90 Å². The molecule has 0 aliphatic heterocycles. The van der Waals surface area contributed by atoms with Gasteiger partial charge in [-0.05, 0) is 45.3 Å². The summed E-state index contributed by atoms with van der Waals surface area (Å²) in [5.41, 5.74) is 0.146. The van der Waals surface area contributed by atoms with Gasteiger partial charge in [0.15, 0.2) is 11.6 Å². The van der Waals surface area contributed by atoms with Crippen molar-refractivity contribution in [2.45, 2.75) is 19.5 Å². The molecular weight excluding hydrogens is 312 g/mol. The maximum atomic E-state index is 14.1. The number of furan rings is 1. The highest BCUT2D eigenvalue weighted by atomic mass is 19.2. The quantitative estimate of drug-likeness (QED) is 0.708. The SMILES string of the molecule is Cc1ccc([C@H](Cn2ccnc2-c2cccc(F)c2F)N(C)C)o1. The van der Waals surface area contributed by atoms with Crippen LogP contribution in [0.3, 0.4) is 0 Å². The molecule has 0 spiro atoms. The van der Waals surface area contributed by atoms with Crippen molar-refractivity contribution in [1.29, 1.82) is 0 Å². The van der Waals surface area contributed by atoms with E-state index in [-0.39, 0.29) is 11.6 Å². The van der Waals surface area contributed by atoms with Crippen molar-refractivity contribution in [3.8, 4) is 11.4 Å². The van der Waals surface area contributed by atoms with Gasteiger partial charge in [-0.25, -0.2) is 13.8 Å². The molecule has 1 atom stereocenters. The van der Waals surface area contributed by atoms with Gasteiger partial charge in [-0.1, -0.05) is 6.07 Å². The molecule has 3 aromatic rings. The fraction of sp³-hybridized carbons (Fsp3) is 0.278. The van der Waals surface area contributed by atoms with Gasteiger partial charge in [0.05, 0.1) is 11.6 Å². The Balaban J connectivity index is 1.96. The molecule has 0 fully saturated rings. The van der Waals surface area contributed by atoms with E-state index in [1.165, 1.54) is 12.1 Å². The van der Waals surface area contributed by atoms with Crippen LogP contribution in [-0.2, 0) is 6.54 Å². The van der Waals surface area contributed by atoms with Crippen molar-refractivity contribution in [1.82, 2.24) is 14.5 Å². The number of aryl methyl sites for hydroxylation is 1. The van der Waals surface area contributed by atoms with Crippen LogP contribution in [0.2, 0.25) is 0 Å². The topological polar surface area (TPSA) is 34.2 Å². The summed E-state index contributed by atoms with van der Waals surface area (Å²) < 4.78 is 35.2. The molecule has 2 heterocycles. The maximum absolute atomic E-state index is 14.1. The van der Waals surface area contributed by atoms with E-state index in [1.807, 2.05) is 38.1 Å². The minimum Gasteiger partial charge on any atom is -0.465 e. The number of rotatable bonds is 5. The minimum absolute atomic E-state index is 0.0525. The number of hydrogen-bond acceptors (Lipinski definition) is 3. The van der Waals surface area contributed by atoms with Crippen LogP contribution in [0.5, 0.6) is 0 Å². The van der Waals surface area contributed by atoms with Crippen LogP contribution >= 0.6 is 0 Å². The Kier molecular flexibility index (Phi) is 4.49. The van der Waals surface area contributed by atoms with Crippen molar-refractivity contribution < 1.29 is 13.2 Å². The van der Waals surface area contributed by atoms with Gasteiger partial charge < -0.3 is 8.98 Å². The zero-order valence-corrected chi connectivity index (χ0v) is 13.8. The Morgan fingerprint density at radius 3 is 2.67 bits per heavy atom. The Morgan fingerprint density at radius 2 is 2.00 bits per heavy atom. The predicted molar refractivity (Wildman–Crippen MR) is 87.5 cm³/mol. The van der Waals surface area contributed by atoms with Crippen molar-refractivity contribution >= 4 is 0 Å². The first-order valence-electron chi connectivity index (χ1n) is 7.65. The summed E-state index contributed by atoms with van der Waals surface area (Å²) in [6.45, 7) is 2.40. The summed E-state index contributed by atoms with van der Waals surface area (Å²) in [6, 6.07) is 7.89. The number of likely N-dealkylation sites (N-methyl/N-ethyl adjacent to an activating group) is 1. The average Bonchev–Trinajstić information content (AvgIpc) is 3.16. The van der Waals surface area contributed by atoms with Crippen LogP contribution in [0, 0.1) is 18.6 Å². The van der Waals surface area contributed by atoms with Crippen LogP contribution in [0.15, 0.2) is 47.1 Å². The highest BCUT2D eigenvalue weighted by Gasteiger charge is 2.21. The highest BCUT2D eigenvalue weighted by molar-refractivity contribution is 5.56. The second-order valence-electron chi connectivity index (χ2n) is 5.93. The zero-order valence-electron chi connectivity index (χ0n) is 13.8. The van der Waals surface area contributed by atoms with Crippen LogP contribution in [0.4, 0.5) is 8.78 Å². The van der Waals surface area contributed by atoms with Gasteiger partial charge in [-0.2, -0.15) is 0 Å². The van der Waals surface area contributed by atoms with Gasteiger partial charge in [0, 0.05) is 18.9 Å². The molecule has 24 heavy (non-hydrogen) atoms. The first kappa shape index (κ1) is 16.4. The fourth-order valence-electron chi connectivity index (χ4n) is 2.70. The van der Waals surface area contributed by atoms with Crippen LogP contribution in [0.1, 0.15) is 17.6 Å². The average molecular weight is 331 g/mol. The van der Waals surface area contributed by atoms with Crippen molar-refractivity contribution in [2.24, 2.45) is 0 Å². The van der Waals surface area contributed by atoms with Crippen molar-refractivity contribution in [2.75, 3.05) is 14.1 Å². The number of halogens is 2. The standard InChI is InChI=1S/C18H19F2N3O/c1-12-7-8-16(24-12)15(22(2)3)11-23-10-9-21-18(23)13-5-4-6-14(19)17(13)20/h4-10,15H,11H2,1-3H3/t15-/m0/s1. The summed E-state index contributed by atoms with van der Waals surface area (Å²) in [5.74, 6) is 0.269. The molecule has 0 amide bonds. The number of nitrogens with zero attached hydrogens (tertiary/aromatic N) is 3. The maximum Gasteiger partial charge on any atom is 0.169 e. The number of aromatic nitrogens is 2. The van der Waals surface area contributed by atoms with Crippen LogP contribution < -0.4 is 0 Å². The molecule has 1 aromatic carbocycles. The molecule has 0 radical (unpaired) electrons. The zero-order chi connectivity index (χ0) is 17.3. The molecule has 0 bridgehead atoms. The van der Waals surface area contributed by atoms with Crippen molar-refractivity contribution in [3.05, 3.63) is 65.9 Å². The largest absolute Gasteiger partial charge is 0.465 e. The van der Waals surface area contributed by atoms with Gasteiger partial charge in [0.25, 0.3) is 0 Å². The third-order valence-electron chi connectivity index (χ3n) is 3.99. The summed E-state index contributed by atoms with van der Waals surface area (Å²) in [4.78, 5) is 6.22. The van der Waals surface area contributed by atoms with Crippen LogP contribution in [-0.4, -0.2) is 28.5 Å². The normalized spacial score (nSPS) is 12.8. The molecule has 0 saturated carbocycles. The van der Waals surface area contributed by atoms with E-state index in [9.17, 15) is 8.78 Å². The summed E-state index contributed by atoms with van der Waals surface area (Å²) in [7, 11) is 3.89. The number of imidazole rings is 1. The highest BCUT2D eigenvalue weighted by Crippen LogP contribution is 2.27. The van der Waals surface area contributed by atoms with Crippen molar-refractivity contribution in [3.63, 3.8) is 0 Å². The molecule has 0 aliphatic carbocycles. The van der Waals surface area contributed by atoms with E-state index in [0.29, 0.717) is 12.4 Å². The lowest BCUT2D eigenvalue weighted by atomic mass is 10.1. The lowest BCUT2D eigenvalue weighted by Crippen LogP contribution is -2.24. The third kappa shape index (κ3) is 3.10. The molecule has 3 rings (SSSR count). The molecule has 4 nitrogen and oxygen atoms in total. The predicted octanol–water partition coefficient (Wildman–Crippen LogP) is 4.03. The lowest BCUT2D eigenvalue weighted by Gasteiger charge is -2.23. The molecule has 6 heteroatoms. The van der Waals surface area contributed by atoms with E-state index in [2.05, 4.69) is 4.98 Å². The number of hydrogen-bond donors (Lipinski definition) is 0. The molecule has 2 aromatic heterocycles. The summed E-state index contributed by atoms with van der Waals surface area (Å²) in [5, 5.41) is 0. The minimum atomic E-state index is -0.889. The second kappa shape index (κ2) is 6.57. The molecule has 0 aliphatic rings. The van der Waals surface area contributed by atoms with Gasteiger partial charge in [-0.15, -0.1) is 0 Å². The van der Waals surface area contributed by atoms with Gasteiger partial charge in [0.1, 0.15) is 17.3 Å². The molecule has 0 unspecified atom stereocenters. The van der Waals surface area contributed by atoms with E-state index < -0.39 is 11.6 Å². The first-order valence-corrected chi connectivity index (χ1v) is 7.65. The van der Waals surface area contributed by atoms with E-state index in [0.717, 1.165) is 17.6 Å². The molecule has 0 saturated heterocycles. The van der Waals surface area contributed by atoms with Crippen LogP contribution in [0.25, 0.3) is 11.4 Å². The Labute approximate surface area is 139 Å². The van der Waals surface area contributed by atoms with E-state index in [4.69, 9.17) is 4.42 Å². The Morgan fingerprint density at radius 1 is 1.21 bits per heavy atom. The van der Waals surface area contributed by atoms with E-state index in [1.54, 1.807) is 17.0 Å². The first-order chi connectivity index (χ1) is 11.5. The Hall–Kier alpha value is -2.47. The number of benzene rings is 1. The lowest BCUT2D eigenvalue weighted by molar-refractivity contribution is 0.231. The molecular formula is C18H19F2N3O. The molecule has 0 N–H and O–H groups in total. The molecule has 126 valence electrons. The Bertz CT molecular complexity index is 838. The fourth-order valence-corrected chi connectivity index (χ4v) is 2.70. The summed E-state index contributed by atoms with van der Waals surface area (Å²) >= 11 is 0. The summed E-state index contributed by atoms with van der Waals surface area (Å²) in [6.07, 6.45) is 3.34. The third-order valence-corrected chi connectivity index (χ3v) is 3.99.